The second-order valence-electron chi connectivity index (χ2n) is 23.8. The van der Waals surface area contributed by atoms with E-state index in [1.807, 2.05) is 21.1 Å². The van der Waals surface area contributed by atoms with Crippen molar-refractivity contribution in [3.05, 3.63) is 12.2 Å². The van der Waals surface area contributed by atoms with Crippen LogP contribution in [0.4, 0.5) is 0 Å². The van der Waals surface area contributed by atoms with Crippen LogP contribution in [0.3, 0.4) is 0 Å². The Bertz CT molecular complexity index is 1270. The standard InChI is InChI=1S/C65H128NO8P/c1-6-8-10-12-14-16-18-20-22-24-26-28-29-30-31-32-33-34-35-36-38-39-41-43-45-47-49-51-53-55-57-64(67)71-61-63(62-73-75(69,70)72-60-59-66(3,4)5)74-65(68)58-56-54-52-50-48-46-44-42-40-37-27-25-23-21-19-17-15-13-11-9-7-2/h25,27,63H,6-24,26,28-62H2,1-5H3/b27-25-. The third-order valence-corrected chi connectivity index (χ3v) is 16.0. The van der Waals surface area contributed by atoms with Crippen LogP contribution in [0.2, 0.25) is 0 Å². The highest BCUT2D eigenvalue weighted by atomic mass is 31.2. The van der Waals surface area contributed by atoms with Crippen LogP contribution in [0.1, 0.15) is 341 Å². The van der Waals surface area contributed by atoms with Crippen LogP contribution in [0.25, 0.3) is 0 Å². The average molecular weight is 1080 g/mol. The number of carbonyl (C=O) groups excluding carboxylic acids is 2. The van der Waals surface area contributed by atoms with Gasteiger partial charge in [0, 0.05) is 12.8 Å². The maximum absolute atomic E-state index is 12.8. The monoisotopic (exact) mass is 1080 g/mol. The summed E-state index contributed by atoms with van der Waals surface area (Å²) in [5, 5.41) is 0. The van der Waals surface area contributed by atoms with Gasteiger partial charge >= 0.3 is 11.9 Å². The number of hydrogen-bond donors (Lipinski definition) is 0. The number of quaternary nitrogens is 1. The van der Waals surface area contributed by atoms with Crippen LogP contribution >= 0.6 is 7.82 Å². The summed E-state index contributed by atoms with van der Waals surface area (Å²) in [5.74, 6) is -0.814. The molecule has 0 fully saturated rings. The number of phosphoric ester groups is 1. The molecule has 0 aromatic rings. The van der Waals surface area contributed by atoms with Gasteiger partial charge in [0.1, 0.15) is 19.8 Å². The Labute approximate surface area is 466 Å². The van der Waals surface area contributed by atoms with Gasteiger partial charge in [-0.3, -0.25) is 14.2 Å². The van der Waals surface area contributed by atoms with Gasteiger partial charge in [-0.2, -0.15) is 0 Å². The van der Waals surface area contributed by atoms with E-state index in [-0.39, 0.29) is 32.0 Å². The third kappa shape index (κ3) is 61.8. The van der Waals surface area contributed by atoms with Crippen molar-refractivity contribution in [1.29, 1.82) is 0 Å². The maximum Gasteiger partial charge on any atom is 0.306 e. The van der Waals surface area contributed by atoms with Gasteiger partial charge in [-0.25, -0.2) is 0 Å². The topological polar surface area (TPSA) is 111 Å². The number of esters is 2. The van der Waals surface area contributed by atoms with E-state index in [2.05, 4.69) is 26.0 Å². The fraction of sp³-hybridized carbons (Fsp3) is 0.938. The Balaban J connectivity index is 4.00. The zero-order valence-electron chi connectivity index (χ0n) is 50.8. The second-order valence-corrected chi connectivity index (χ2v) is 25.3. The van der Waals surface area contributed by atoms with E-state index in [0.717, 1.165) is 38.5 Å². The first-order valence-corrected chi connectivity index (χ1v) is 34.4. The summed E-state index contributed by atoms with van der Waals surface area (Å²) in [6.45, 7) is 4.31. The largest absolute Gasteiger partial charge is 0.756 e. The van der Waals surface area contributed by atoms with Crippen molar-refractivity contribution in [1.82, 2.24) is 0 Å². The zero-order chi connectivity index (χ0) is 54.9. The molecule has 0 saturated heterocycles. The van der Waals surface area contributed by atoms with Crippen LogP contribution in [0.5, 0.6) is 0 Å². The summed E-state index contributed by atoms with van der Waals surface area (Å²) in [6.07, 6.45) is 68.6. The summed E-state index contributed by atoms with van der Waals surface area (Å²) in [6, 6.07) is 0. The number of nitrogens with zero attached hydrogens (tertiary/aromatic N) is 1. The Morgan fingerprint density at radius 1 is 0.400 bits per heavy atom. The number of hydrogen-bond acceptors (Lipinski definition) is 8. The highest BCUT2D eigenvalue weighted by Gasteiger charge is 2.22. The molecular weight excluding hydrogens is 954 g/mol. The van der Waals surface area contributed by atoms with Gasteiger partial charge in [0.2, 0.25) is 0 Å². The van der Waals surface area contributed by atoms with Crippen LogP contribution in [-0.4, -0.2) is 70.0 Å². The van der Waals surface area contributed by atoms with Crippen molar-refractivity contribution in [2.45, 2.75) is 347 Å². The number of unbranched alkanes of at least 4 members (excludes halogenated alkanes) is 46. The zero-order valence-corrected chi connectivity index (χ0v) is 51.7. The molecule has 0 radical (unpaired) electrons. The molecule has 10 heteroatoms. The molecule has 0 aromatic heterocycles. The lowest BCUT2D eigenvalue weighted by molar-refractivity contribution is -0.870. The normalized spacial score (nSPS) is 13.2. The van der Waals surface area contributed by atoms with Crippen molar-refractivity contribution in [2.75, 3.05) is 47.5 Å². The lowest BCUT2D eigenvalue weighted by Crippen LogP contribution is -2.37. The minimum atomic E-state index is -4.63. The molecule has 0 aromatic carbocycles. The molecule has 0 N–H and O–H groups in total. The van der Waals surface area contributed by atoms with E-state index in [1.54, 1.807) is 0 Å². The first-order chi connectivity index (χ1) is 36.5. The van der Waals surface area contributed by atoms with Crippen molar-refractivity contribution < 1.29 is 42.1 Å². The molecule has 0 bridgehead atoms. The summed E-state index contributed by atoms with van der Waals surface area (Å²) >= 11 is 0. The lowest BCUT2D eigenvalue weighted by atomic mass is 10.0. The van der Waals surface area contributed by atoms with Crippen molar-refractivity contribution in [3.8, 4) is 0 Å². The molecule has 2 unspecified atom stereocenters. The number of likely N-dealkylation sites (N-methyl/N-ethyl adjacent to an activating group) is 1. The van der Waals surface area contributed by atoms with E-state index in [9.17, 15) is 19.0 Å². The third-order valence-electron chi connectivity index (χ3n) is 15.0. The van der Waals surface area contributed by atoms with E-state index in [0.29, 0.717) is 17.4 Å². The maximum atomic E-state index is 12.8. The van der Waals surface area contributed by atoms with Crippen LogP contribution in [0.15, 0.2) is 12.2 Å². The summed E-state index contributed by atoms with van der Waals surface area (Å²) in [5.41, 5.74) is 0. The molecule has 0 heterocycles. The van der Waals surface area contributed by atoms with Crippen molar-refractivity contribution in [2.24, 2.45) is 0 Å². The summed E-state index contributed by atoms with van der Waals surface area (Å²) in [7, 11) is 1.19. The van der Waals surface area contributed by atoms with Gasteiger partial charge in [-0.1, -0.05) is 302 Å². The molecule has 0 amide bonds. The summed E-state index contributed by atoms with van der Waals surface area (Å²) in [4.78, 5) is 38.0. The number of phosphoric acid groups is 1. The number of allylic oxidation sites excluding steroid dienone is 2. The Morgan fingerprint density at radius 2 is 0.680 bits per heavy atom. The number of carbonyl (C=O) groups is 2. The van der Waals surface area contributed by atoms with Crippen LogP contribution in [0, 0.1) is 0 Å². The number of rotatable bonds is 62. The van der Waals surface area contributed by atoms with Gasteiger partial charge in [0.25, 0.3) is 7.82 Å². The van der Waals surface area contributed by atoms with Crippen molar-refractivity contribution >= 4 is 19.8 Å². The highest BCUT2D eigenvalue weighted by molar-refractivity contribution is 7.45. The first kappa shape index (κ1) is 73.8. The molecule has 0 rings (SSSR count). The van der Waals surface area contributed by atoms with Gasteiger partial charge in [0.15, 0.2) is 6.10 Å². The fourth-order valence-corrected chi connectivity index (χ4v) is 10.7. The van der Waals surface area contributed by atoms with Gasteiger partial charge in [-0.15, -0.1) is 0 Å². The van der Waals surface area contributed by atoms with Crippen LogP contribution in [-0.2, 0) is 32.7 Å². The Hall–Kier alpha value is -1.25. The van der Waals surface area contributed by atoms with Crippen molar-refractivity contribution in [3.63, 3.8) is 0 Å². The van der Waals surface area contributed by atoms with E-state index < -0.39 is 26.5 Å². The molecule has 75 heavy (non-hydrogen) atoms. The molecular formula is C65H128NO8P. The van der Waals surface area contributed by atoms with Crippen LogP contribution < -0.4 is 4.89 Å². The molecule has 0 saturated carbocycles. The van der Waals surface area contributed by atoms with Gasteiger partial charge < -0.3 is 27.9 Å². The minimum Gasteiger partial charge on any atom is -0.756 e. The SMILES string of the molecule is CCCCCCCCCC/C=C\CCCCCCCCCCCC(=O)OC(COC(=O)CCCCCCCCCCCCCCCCCCCCCCCCCCCCCCCC)COP(=O)([O-])OCC[N+](C)(C)C. The lowest BCUT2D eigenvalue weighted by Gasteiger charge is -2.28. The Morgan fingerprint density at radius 3 is 0.987 bits per heavy atom. The second kappa shape index (κ2) is 57.4. The van der Waals surface area contributed by atoms with E-state index in [1.165, 1.54) is 270 Å². The van der Waals surface area contributed by atoms with Gasteiger partial charge in [-0.05, 0) is 38.5 Å². The quantitative estimate of drug-likeness (QED) is 0.0195. The molecule has 446 valence electrons. The predicted octanol–water partition coefficient (Wildman–Crippen LogP) is 20.1. The molecule has 0 aliphatic rings. The fourth-order valence-electron chi connectivity index (χ4n) is 9.95. The molecule has 9 nitrogen and oxygen atoms in total. The molecule has 0 aliphatic carbocycles. The molecule has 0 aliphatic heterocycles. The van der Waals surface area contributed by atoms with Gasteiger partial charge in [0.05, 0.1) is 27.7 Å². The smallest absolute Gasteiger partial charge is 0.306 e. The molecule has 0 spiro atoms. The minimum absolute atomic E-state index is 0.0273. The predicted molar refractivity (Wildman–Crippen MR) is 319 cm³/mol. The average Bonchev–Trinajstić information content (AvgIpc) is 3.37. The Kier molecular flexibility index (Phi) is 56.5. The number of ether oxygens (including phenoxy) is 2. The highest BCUT2D eigenvalue weighted by Crippen LogP contribution is 2.38. The van der Waals surface area contributed by atoms with E-state index >= 15 is 0 Å². The van der Waals surface area contributed by atoms with E-state index in [4.69, 9.17) is 18.5 Å². The summed E-state index contributed by atoms with van der Waals surface area (Å²) < 4.78 is 34.3. The molecule has 2 atom stereocenters. The first-order valence-electron chi connectivity index (χ1n) is 32.9.